The summed E-state index contributed by atoms with van der Waals surface area (Å²) in [6.45, 7) is 1.48. The quantitative estimate of drug-likeness (QED) is 0.829. The van der Waals surface area contributed by atoms with Crippen molar-refractivity contribution in [3.63, 3.8) is 0 Å². The lowest BCUT2D eigenvalue weighted by atomic mass is 10.2. The van der Waals surface area contributed by atoms with Gasteiger partial charge in [-0.2, -0.15) is 0 Å². The second kappa shape index (κ2) is 6.79. The normalized spacial score (nSPS) is 15.8. The van der Waals surface area contributed by atoms with Gasteiger partial charge in [-0.1, -0.05) is 12.8 Å². The Kier molecular flexibility index (Phi) is 5.06. The van der Waals surface area contributed by atoms with Gasteiger partial charge in [-0.15, -0.1) is 0 Å². The van der Waals surface area contributed by atoms with Gasteiger partial charge in [-0.3, -0.25) is 9.78 Å². The van der Waals surface area contributed by atoms with Gasteiger partial charge in [0.25, 0.3) is 5.91 Å². The van der Waals surface area contributed by atoms with Gasteiger partial charge >= 0.3 is 0 Å². The molecule has 1 fully saturated rings. The van der Waals surface area contributed by atoms with E-state index in [4.69, 9.17) is 0 Å². The minimum atomic E-state index is -0.479. The highest BCUT2D eigenvalue weighted by atomic mass is 19.1. The molecule has 0 spiro atoms. The predicted octanol–water partition coefficient (Wildman–Crippen LogP) is 2.17. The number of hydrogen-bond donors (Lipinski definition) is 0. The molecule has 0 bridgehead atoms. The third-order valence-electron chi connectivity index (χ3n) is 4.03. The lowest BCUT2D eigenvalue weighted by Crippen LogP contribution is -2.38. The SMILES string of the molecule is CN(CCN(C)C1CCCC1)C(=O)c1cncc(F)c1. The van der Waals surface area contributed by atoms with E-state index >= 15 is 0 Å². The van der Waals surface area contributed by atoms with E-state index in [9.17, 15) is 9.18 Å². The van der Waals surface area contributed by atoms with E-state index in [0.717, 1.165) is 12.7 Å². The highest BCUT2D eigenvalue weighted by Gasteiger charge is 2.20. The molecular formula is C15H22FN3O. The zero-order valence-electron chi connectivity index (χ0n) is 12.2. The van der Waals surface area contributed by atoms with E-state index in [0.29, 0.717) is 18.2 Å². The smallest absolute Gasteiger partial charge is 0.255 e. The molecule has 0 unspecified atom stereocenters. The summed E-state index contributed by atoms with van der Waals surface area (Å²) in [7, 11) is 3.85. The Hall–Kier alpha value is -1.49. The van der Waals surface area contributed by atoms with Crippen LogP contribution in [0.4, 0.5) is 4.39 Å². The van der Waals surface area contributed by atoms with Crippen molar-refractivity contribution in [1.29, 1.82) is 0 Å². The van der Waals surface area contributed by atoms with Crippen LogP contribution >= 0.6 is 0 Å². The number of halogens is 1. The van der Waals surface area contributed by atoms with E-state index in [1.807, 2.05) is 0 Å². The second-order valence-corrected chi connectivity index (χ2v) is 5.54. The van der Waals surface area contributed by atoms with Gasteiger partial charge < -0.3 is 9.80 Å². The molecule has 0 aromatic carbocycles. The Bertz CT molecular complexity index is 460. The van der Waals surface area contributed by atoms with Crippen molar-refractivity contribution < 1.29 is 9.18 Å². The van der Waals surface area contributed by atoms with Gasteiger partial charge in [0.2, 0.25) is 0 Å². The van der Waals surface area contributed by atoms with Crippen LogP contribution in [0.15, 0.2) is 18.5 Å². The average Bonchev–Trinajstić information content (AvgIpc) is 2.97. The number of amides is 1. The van der Waals surface area contributed by atoms with Crippen LogP contribution in [0.5, 0.6) is 0 Å². The minimum absolute atomic E-state index is 0.183. The van der Waals surface area contributed by atoms with Gasteiger partial charge in [0, 0.05) is 32.4 Å². The second-order valence-electron chi connectivity index (χ2n) is 5.54. The third kappa shape index (κ3) is 3.76. The van der Waals surface area contributed by atoms with Crippen molar-refractivity contribution in [2.75, 3.05) is 27.2 Å². The van der Waals surface area contributed by atoms with Crippen LogP contribution in [0.2, 0.25) is 0 Å². The summed E-state index contributed by atoms with van der Waals surface area (Å²) in [6.07, 6.45) is 7.62. The third-order valence-corrected chi connectivity index (χ3v) is 4.03. The summed E-state index contributed by atoms with van der Waals surface area (Å²) in [4.78, 5) is 19.8. The first-order valence-electron chi connectivity index (χ1n) is 7.14. The predicted molar refractivity (Wildman–Crippen MR) is 76.0 cm³/mol. The molecule has 20 heavy (non-hydrogen) atoms. The average molecular weight is 279 g/mol. The molecule has 1 amide bonds. The summed E-state index contributed by atoms with van der Waals surface area (Å²) in [5, 5.41) is 0. The molecule has 0 radical (unpaired) electrons. The lowest BCUT2D eigenvalue weighted by Gasteiger charge is -2.26. The summed E-state index contributed by atoms with van der Waals surface area (Å²) in [6, 6.07) is 1.88. The topological polar surface area (TPSA) is 36.4 Å². The van der Waals surface area contributed by atoms with Crippen LogP contribution < -0.4 is 0 Å². The van der Waals surface area contributed by atoms with Crippen LogP contribution in [-0.2, 0) is 0 Å². The molecule has 110 valence electrons. The highest BCUT2D eigenvalue weighted by molar-refractivity contribution is 5.93. The van der Waals surface area contributed by atoms with Crippen LogP contribution in [-0.4, -0.2) is 53.9 Å². The van der Waals surface area contributed by atoms with E-state index in [-0.39, 0.29) is 5.91 Å². The number of likely N-dealkylation sites (N-methyl/N-ethyl adjacent to an activating group) is 2. The van der Waals surface area contributed by atoms with Crippen molar-refractivity contribution in [3.8, 4) is 0 Å². The Morgan fingerprint density at radius 2 is 2.00 bits per heavy atom. The van der Waals surface area contributed by atoms with Gasteiger partial charge in [0.05, 0.1) is 11.8 Å². The summed E-state index contributed by atoms with van der Waals surface area (Å²) in [5.74, 6) is -0.663. The fourth-order valence-corrected chi connectivity index (χ4v) is 2.69. The van der Waals surface area contributed by atoms with Crippen LogP contribution in [0.1, 0.15) is 36.0 Å². The summed E-state index contributed by atoms with van der Waals surface area (Å²) in [5.41, 5.74) is 0.302. The first kappa shape index (κ1) is 14.9. The number of carbonyl (C=O) groups is 1. The van der Waals surface area contributed by atoms with Crippen molar-refractivity contribution in [3.05, 3.63) is 29.8 Å². The highest BCUT2D eigenvalue weighted by Crippen LogP contribution is 2.22. The molecule has 0 atom stereocenters. The Morgan fingerprint density at radius 3 is 2.65 bits per heavy atom. The Labute approximate surface area is 119 Å². The maximum atomic E-state index is 13.1. The summed E-state index contributed by atoms with van der Waals surface area (Å²) < 4.78 is 13.1. The largest absolute Gasteiger partial charge is 0.340 e. The van der Waals surface area contributed by atoms with Crippen molar-refractivity contribution >= 4 is 5.91 Å². The molecule has 0 N–H and O–H groups in total. The molecule has 1 aliphatic carbocycles. The molecule has 1 heterocycles. The van der Waals surface area contributed by atoms with Crippen LogP contribution in [0.25, 0.3) is 0 Å². The minimum Gasteiger partial charge on any atom is -0.340 e. The molecule has 5 heteroatoms. The maximum absolute atomic E-state index is 13.1. The lowest BCUT2D eigenvalue weighted by molar-refractivity contribution is 0.0773. The first-order chi connectivity index (χ1) is 9.58. The number of aromatic nitrogens is 1. The molecule has 1 aromatic rings. The van der Waals surface area contributed by atoms with Crippen molar-refractivity contribution in [2.24, 2.45) is 0 Å². The standard InChI is InChI=1S/C15H22FN3O/c1-18(14-5-3-4-6-14)7-8-19(2)15(20)12-9-13(16)11-17-10-12/h9-11,14H,3-8H2,1-2H3. The number of carbonyl (C=O) groups excluding carboxylic acids is 1. The van der Waals surface area contributed by atoms with Gasteiger partial charge in [0.1, 0.15) is 5.82 Å². The van der Waals surface area contributed by atoms with E-state index in [1.165, 1.54) is 37.9 Å². The van der Waals surface area contributed by atoms with Crippen molar-refractivity contribution in [1.82, 2.24) is 14.8 Å². The fraction of sp³-hybridized carbons (Fsp3) is 0.600. The fourth-order valence-electron chi connectivity index (χ4n) is 2.69. The molecule has 1 aliphatic rings. The molecule has 0 saturated heterocycles. The number of rotatable bonds is 5. The molecular weight excluding hydrogens is 257 g/mol. The molecule has 2 rings (SSSR count). The first-order valence-corrected chi connectivity index (χ1v) is 7.14. The molecule has 1 aromatic heterocycles. The molecule has 1 saturated carbocycles. The van der Waals surface area contributed by atoms with E-state index in [2.05, 4.69) is 16.9 Å². The van der Waals surface area contributed by atoms with Gasteiger partial charge in [0.15, 0.2) is 0 Å². The van der Waals surface area contributed by atoms with Gasteiger partial charge in [-0.25, -0.2) is 4.39 Å². The molecule has 0 aliphatic heterocycles. The van der Waals surface area contributed by atoms with Crippen LogP contribution in [0, 0.1) is 5.82 Å². The Morgan fingerprint density at radius 1 is 1.30 bits per heavy atom. The zero-order chi connectivity index (χ0) is 14.5. The molecule has 4 nitrogen and oxygen atoms in total. The number of nitrogens with zero attached hydrogens (tertiary/aromatic N) is 3. The summed E-state index contributed by atoms with van der Waals surface area (Å²) >= 11 is 0. The Balaban J connectivity index is 1.84. The van der Waals surface area contributed by atoms with Crippen molar-refractivity contribution in [2.45, 2.75) is 31.7 Å². The van der Waals surface area contributed by atoms with E-state index < -0.39 is 5.82 Å². The maximum Gasteiger partial charge on any atom is 0.255 e. The number of hydrogen-bond acceptors (Lipinski definition) is 3. The monoisotopic (exact) mass is 279 g/mol. The zero-order valence-corrected chi connectivity index (χ0v) is 12.2. The van der Waals surface area contributed by atoms with Gasteiger partial charge in [-0.05, 0) is 26.0 Å². The van der Waals surface area contributed by atoms with E-state index in [1.54, 1.807) is 11.9 Å². The van der Waals surface area contributed by atoms with Crippen LogP contribution in [0.3, 0.4) is 0 Å². The number of pyridine rings is 1.